The highest BCUT2D eigenvalue weighted by Gasteiger charge is 2.29. The van der Waals surface area contributed by atoms with E-state index in [1.807, 2.05) is 12.1 Å². The van der Waals surface area contributed by atoms with Crippen LogP contribution in [0.2, 0.25) is 0 Å². The predicted octanol–water partition coefficient (Wildman–Crippen LogP) is 2.52. The second-order valence-electron chi connectivity index (χ2n) is 5.75. The van der Waals surface area contributed by atoms with Gasteiger partial charge in [-0.15, -0.1) is 0 Å². The molecule has 3 heteroatoms. The molecule has 1 aromatic carbocycles. The second kappa shape index (κ2) is 4.75. The van der Waals surface area contributed by atoms with Gasteiger partial charge in [-0.3, -0.25) is 4.90 Å². The summed E-state index contributed by atoms with van der Waals surface area (Å²) in [6, 6.07) is 5.33. The first-order chi connectivity index (χ1) is 8.00. The number of likely N-dealkylation sites (tertiary alicyclic amines) is 1. The minimum atomic E-state index is -0.127. The van der Waals surface area contributed by atoms with Gasteiger partial charge in [-0.05, 0) is 30.0 Å². The van der Waals surface area contributed by atoms with Gasteiger partial charge in [0, 0.05) is 25.2 Å². The van der Waals surface area contributed by atoms with Crippen LogP contribution in [0.5, 0.6) is 0 Å². The molecular weight excluding hydrogens is 215 g/mol. The summed E-state index contributed by atoms with van der Waals surface area (Å²) in [5, 5.41) is 0. The molecule has 1 fully saturated rings. The molecule has 2 rings (SSSR count). The number of halogens is 1. The van der Waals surface area contributed by atoms with Crippen LogP contribution >= 0.6 is 0 Å². The molecule has 0 amide bonds. The Kier molecular flexibility index (Phi) is 3.50. The van der Waals surface area contributed by atoms with Crippen molar-refractivity contribution < 1.29 is 4.39 Å². The monoisotopic (exact) mass is 236 g/mol. The molecule has 0 unspecified atom stereocenters. The van der Waals surface area contributed by atoms with Gasteiger partial charge >= 0.3 is 0 Å². The molecule has 2 N–H and O–H groups in total. The molecule has 17 heavy (non-hydrogen) atoms. The van der Waals surface area contributed by atoms with Crippen LogP contribution in [0.25, 0.3) is 0 Å². The van der Waals surface area contributed by atoms with Crippen molar-refractivity contribution in [3.63, 3.8) is 0 Å². The molecule has 94 valence electrons. The summed E-state index contributed by atoms with van der Waals surface area (Å²) in [6.07, 6.45) is 1.19. The van der Waals surface area contributed by atoms with Crippen molar-refractivity contribution in [2.75, 3.05) is 13.1 Å². The highest BCUT2D eigenvalue weighted by molar-refractivity contribution is 5.24. The average molecular weight is 236 g/mol. The van der Waals surface area contributed by atoms with E-state index in [0.717, 1.165) is 24.2 Å². The van der Waals surface area contributed by atoms with Crippen molar-refractivity contribution in [2.45, 2.75) is 33.4 Å². The SMILES string of the molecule is CC1(C)CCN(Cc2ccc(CN)cc2F)C1. The first-order valence-electron chi connectivity index (χ1n) is 6.20. The number of nitrogens with two attached hydrogens (primary N) is 1. The first-order valence-corrected chi connectivity index (χ1v) is 6.20. The van der Waals surface area contributed by atoms with Crippen LogP contribution in [0.4, 0.5) is 4.39 Å². The molecule has 1 saturated heterocycles. The van der Waals surface area contributed by atoms with Gasteiger partial charge in [-0.1, -0.05) is 26.0 Å². The van der Waals surface area contributed by atoms with Crippen molar-refractivity contribution >= 4 is 0 Å². The topological polar surface area (TPSA) is 29.3 Å². The third-order valence-corrected chi connectivity index (χ3v) is 3.50. The Bertz CT molecular complexity index is 401. The Balaban J connectivity index is 2.04. The Morgan fingerprint density at radius 2 is 2.18 bits per heavy atom. The van der Waals surface area contributed by atoms with Crippen LogP contribution < -0.4 is 5.73 Å². The van der Waals surface area contributed by atoms with E-state index in [2.05, 4.69) is 18.7 Å². The number of nitrogens with zero attached hydrogens (tertiary/aromatic N) is 1. The lowest BCUT2D eigenvalue weighted by Crippen LogP contribution is -2.23. The summed E-state index contributed by atoms with van der Waals surface area (Å²) in [6.45, 7) is 7.74. The molecule has 0 atom stereocenters. The molecule has 0 saturated carbocycles. The zero-order valence-corrected chi connectivity index (χ0v) is 10.7. The van der Waals surface area contributed by atoms with Crippen LogP contribution in [0, 0.1) is 11.2 Å². The smallest absolute Gasteiger partial charge is 0.128 e. The molecule has 0 aliphatic carbocycles. The van der Waals surface area contributed by atoms with Crippen molar-refractivity contribution in [3.8, 4) is 0 Å². The van der Waals surface area contributed by atoms with E-state index in [0.29, 0.717) is 18.5 Å². The summed E-state index contributed by atoms with van der Waals surface area (Å²) in [7, 11) is 0. The predicted molar refractivity (Wildman–Crippen MR) is 68.0 cm³/mol. The Labute approximate surface area is 103 Å². The summed E-state index contributed by atoms with van der Waals surface area (Å²) in [5.74, 6) is -0.127. The number of rotatable bonds is 3. The van der Waals surface area contributed by atoms with Crippen LogP contribution in [0.3, 0.4) is 0 Å². The van der Waals surface area contributed by atoms with Gasteiger partial charge in [0.2, 0.25) is 0 Å². The lowest BCUT2D eigenvalue weighted by Gasteiger charge is -2.20. The first kappa shape index (κ1) is 12.5. The molecule has 0 spiro atoms. The lowest BCUT2D eigenvalue weighted by atomic mass is 9.93. The third-order valence-electron chi connectivity index (χ3n) is 3.50. The van der Waals surface area contributed by atoms with Gasteiger partial charge in [0.25, 0.3) is 0 Å². The van der Waals surface area contributed by atoms with Gasteiger partial charge in [0.05, 0.1) is 0 Å². The molecule has 1 aromatic rings. The minimum Gasteiger partial charge on any atom is -0.326 e. The molecule has 0 radical (unpaired) electrons. The molecule has 1 heterocycles. The van der Waals surface area contributed by atoms with Crippen molar-refractivity contribution in [1.82, 2.24) is 4.90 Å². The van der Waals surface area contributed by atoms with Crippen LogP contribution in [-0.2, 0) is 13.1 Å². The fraction of sp³-hybridized carbons (Fsp3) is 0.571. The van der Waals surface area contributed by atoms with E-state index in [-0.39, 0.29) is 5.82 Å². The standard InChI is InChI=1S/C14H21FN2/c1-14(2)5-6-17(10-14)9-12-4-3-11(8-16)7-13(12)15/h3-4,7H,5-6,8-10,16H2,1-2H3. The Morgan fingerprint density at radius 1 is 1.41 bits per heavy atom. The average Bonchev–Trinajstić information content (AvgIpc) is 2.61. The molecule has 2 nitrogen and oxygen atoms in total. The Hall–Kier alpha value is -0.930. The quantitative estimate of drug-likeness (QED) is 0.873. The fourth-order valence-corrected chi connectivity index (χ4v) is 2.45. The zero-order chi connectivity index (χ0) is 12.5. The van der Waals surface area contributed by atoms with Crippen LogP contribution in [0.15, 0.2) is 18.2 Å². The van der Waals surface area contributed by atoms with Gasteiger partial charge in [0.15, 0.2) is 0 Å². The molecular formula is C14H21FN2. The van der Waals surface area contributed by atoms with Crippen LogP contribution in [0.1, 0.15) is 31.4 Å². The highest BCUT2D eigenvalue weighted by atomic mass is 19.1. The van der Waals surface area contributed by atoms with Gasteiger partial charge in [0.1, 0.15) is 5.82 Å². The molecule has 0 bridgehead atoms. The maximum Gasteiger partial charge on any atom is 0.128 e. The van der Waals surface area contributed by atoms with Crippen molar-refractivity contribution in [1.29, 1.82) is 0 Å². The zero-order valence-electron chi connectivity index (χ0n) is 10.7. The maximum absolute atomic E-state index is 13.8. The second-order valence-corrected chi connectivity index (χ2v) is 5.75. The number of hydrogen-bond acceptors (Lipinski definition) is 2. The van der Waals surface area contributed by atoms with E-state index >= 15 is 0 Å². The molecule has 1 aliphatic rings. The summed E-state index contributed by atoms with van der Waals surface area (Å²) < 4.78 is 13.8. The lowest BCUT2D eigenvalue weighted by molar-refractivity contribution is 0.281. The maximum atomic E-state index is 13.8. The highest BCUT2D eigenvalue weighted by Crippen LogP contribution is 2.30. The van der Waals surface area contributed by atoms with E-state index in [4.69, 9.17) is 5.73 Å². The van der Waals surface area contributed by atoms with Gasteiger partial charge in [-0.2, -0.15) is 0 Å². The summed E-state index contributed by atoms with van der Waals surface area (Å²) in [5.41, 5.74) is 7.49. The van der Waals surface area contributed by atoms with E-state index in [9.17, 15) is 4.39 Å². The molecule has 0 aromatic heterocycles. The Morgan fingerprint density at radius 3 is 2.71 bits per heavy atom. The summed E-state index contributed by atoms with van der Waals surface area (Å²) in [4.78, 5) is 2.32. The normalized spacial score (nSPS) is 19.8. The van der Waals surface area contributed by atoms with Crippen molar-refractivity contribution in [2.24, 2.45) is 11.1 Å². The summed E-state index contributed by atoms with van der Waals surface area (Å²) >= 11 is 0. The fourth-order valence-electron chi connectivity index (χ4n) is 2.45. The largest absolute Gasteiger partial charge is 0.326 e. The number of hydrogen-bond donors (Lipinski definition) is 1. The number of benzene rings is 1. The van der Waals surface area contributed by atoms with Gasteiger partial charge in [-0.25, -0.2) is 4.39 Å². The minimum absolute atomic E-state index is 0.127. The van der Waals surface area contributed by atoms with Crippen molar-refractivity contribution in [3.05, 3.63) is 35.1 Å². The van der Waals surface area contributed by atoms with E-state index < -0.39 is 0 Å². The van der Waals surface area contributed by atoms with Gasteiger partial charge < -0.3 is 5.73 Å². The molecule has 1 aliphatic heterocycles. The van der Waals surface area contributed by atoms with Crippen LogP contribution in [-0.4, -0.2) is 18.0 Å². The third kappa shape index (κ3) is 3.05. The van der Waals surface area contributed by atoms with E-state index in [1.54, 1.807) is 6.07 Å². The van der Waals surface area contributed by atoms with E-state index in [1.165, 1.54) is 6.42 Å².